The zero-order valence-corrected chi connectivity index (χ0v) is 5.62. The van der Waals surface area contributed by atoms with E-state index >= 15 is 0 Å². The highest BCUT2D eigenvalue weighted by molar-refractivity contribution is 7.54. The average Bonchev–Trinajstić information content (AvgIpc) is 1.91. The van der Waals surface area contributed by atoms with Gasteiger partial charge in [0.2, 0.25) is 0 Å². The van der Waals surface area contributed by atoms with Crippen LogP contribution in [-0.4, -0.2) is 16.2 Å². The Morgan fingerprint density at radius 2 is 2.43 bits per heavy atom. The number of rotatable bonds is 0. The first-order valence-corrected chi connectivity index (χ1v) is 4.39. The molecule has 2 unspecified atom stereocenters. The molecule has 1 aliphatic rings. The molecule has 0 amide bonds. The maximum absolute atomic E-state index is 8.93. The normalized spacial score (nSPS) is 42.0. The van der Waals surface area contributed by atoms with Crippen molar-refractivity contribution in [2.45, 2.75) is 18.0 Å². The SMILES string of the molecule is OP1CCCC1Cl. The molecule has 3 heteroatoms. The van der Waals surface area contributed by atoms with E-state index in [4.69, 9.17) is 16.5 Å². The molecule has 1 N–H and O–H groups in total. The van der Waals surface area contributed by atoms with Crippen LogP contribution in [0.1, 0.15) is 12.8 Å². The first-order chi connectivity index (χ1) is 3.30. The Hall–Kier alpha value is 0.680. The van der Waals surface area contributed by atoms with Gasteiger partial charge in [0.1, 0.15) is 0 Å². The lowest BCUT2D eigenvalue weighted by Crippen LogP contribution is -1.82. The molecular weight excluding hydrogens is 130 g/mol. The molecule has 1 aliphatic heterocycles. The van der Waals surface area contributed by atoms with Crippen LogP contribution in [0.5, 0.6) is 0 Å². The minimum Gasteiger partial charge on any atom is -0.372 e. The Morgan fingerprint density at radius 3 is 2.57 bits per heavy atom. The molecule has 0 aromatic carbocycles. The van der Waals surface area contributed by atoms with Gasteiger partial charge in [0.25, 0.3) is 0 Å². The molecule has 1 rings (SSSR count). The van der Waals surface area contributed by atoms with Crippen LogP contribution in [-0.2, 0) is 0 Å². The quantitative estimate of drug-likeness (QED) is 0.399. The van der Waals surface area contributed by atoms with Gasteiger partial charge in [0, 0.05) is 8.15 Å². The van der Waals surface area contributed by atoms with Gasteiger partial charge in [-0.2, -0.15) is 0 Å². The molecule has 0 radical (unpaired) electrons. The van der Waals surface area contributed by atoms with Crippen molar-refractivity contribution < 1.29 is 4.89 Å². The van der Waals surface area contributed by atoms with Crippen molar-refractivity contribution >= 4 is 19.7 Å². The monoisotopic (exact) mass is 138 g/mol. The fourth-order valence-corrected chi connectivity index (χ4v) is 2.43. The summed E-state index contributed by atoms with van der Waals surface area (Å²) in [4.78, 5) is 8.93. The second-order valence-electron chi connectivity index (χ2n) is 1.74. The molecule has 0 bridgehead atoms. The zero-order chi connectivity index (χ0) is 5.28. The molecule has 0 aromatic heterocycles. The van der Waals surface area contributed by atoms with Crippen molar-refractivity contribution in [1.82, 2.24) is 0 Å². The maximum Gasteiger partial charge on any atom is 0.0775 e. The van der Waals surface area contributed by atoms with Gasteiger partial charge in [-0.3, -0.25) is 0 Å². The molecular formula is C4H8ClOP. The van der Waals surface area contributed by atoms with E-state index in [0.29, 0.717) is 0 Å². The van der Waals surface area contributed by atoms with Gasteiger partial charge in [-0.05, 0) is 19.0 Å². The fraction of sp³-hybridized carbons (Fsp3) is 1.00. The minimum atomic E-state index is -0.761. The standard InChI is InChI=1S/C4H8ClOP/c5-4-2-1-3-7(4)6/h4,6H,1-3H2. The van der Waals surface area contributed by atoms with E-state index in [1.165, 1.54) is 0 Å². The lowest BCUT2D eigenvalue weighted by Gasteiger charge is -2.01. The summed E-state index contributed by atoms with van der Waals surface area (Å²) in [5.74, 6) is 0. The highest BCUT2D eigenvalue weighted by atomic mass is 35.5. The molecule has 1 heterocycles. The van der Waals surface area contributed by atoms with E-state index in [1.54, 1.807) is 0 Å². The van der Waals surface area contributed by atoms with Gasteiger partial charge in [-0.1, -0.05) is 0 Å². The molecule has 42 valence electrons. The molecule has 1 saturated heterocycles. The van der Waals surface area contributed by atoms with Crippen LogP contribution in [0, 0.1) is 0 Å². The van der Waals surface area contributed by atoms with E-state index in [-0.39, 0.29) is 5.12 Å². The summed E-state index contributed by atoms with van der Waals surface area (Å²) >= 11 is 5.64. The van der Waals surface area contributed by atoms with Gasteiger partial charge in [-0.25, -0.2) is 0 Å². The van der Waals surface area contributed by atoms with E-state index in [2.05, 4.69) is 0 Å². The van der Waals surface area contributed by atoms with Crippen LogP contribution in [0.2, 0.25) is 0 Å². The van der Waals surface area contributed by atoms with Gasteiger partial charge < -0.3 is 4.89 Å². The van der Waals surface area contributed by atoms with Gasteiger partial charge in [-0.15, -0.1) is 11.6 Å². The number of hydrogen-bond donors (Lipinski definition) is 1. The third-order valence-electron chi connectivity index (χ3n) is 1.15. The topological polar surface area (TPSA) is 20.2 Å². The zero-order valence-electron chi connectivity index (χ0n) is 3.97. The molecule has 1 fully saturated rings. The van der Waals surface area contributed by atoms with Gasteiger partial charge in [0.15, 0.2) is 0 Å². The van der Waals surface area contributed by atoms with Crippen LogP contribution in [0.25, 0.3) is 0 Å². The van der Waals surface area contributed by atoms with Crippen molar-refractivity contribution in [3.63, 3.8) is 0 Å². The molecule has 0 aliphatic carbocycles. The second kappa shape index (κ2) is 2.30. The van der Waals surface area contributed by atoms with E-state index in [1.807, 2.05) is 0 Å². The number of alkyl halides is 1. The Labute approximate surface area is 49.5 Å². The van der Waals surface area contributed by atoms with Crippen molar-refractivity contribution in [1.29, 1.82) is 0 Å². The van der Waals surface area contributed by atoms with Crippen LogP contribution in [0.3, 0.4) is 0 Å². The van der Waals surface area contributed by atoms with Crippen LogP contribution in [0.4, 0.5) is 0 Å². The maximum atomic E-state index is 8.93. The molecule has 0 spiro atoms. The second-order valence-corrected chi connectivity index (χ2v) is 4.52. The van der Waals surface area contributed by atoms with Crippen molar-refractivity contribution in [3.8, 4) is 0 Å². The molecule has 7 heavy (non-hydrogen) atoms. The summed E-state index contributed by atoms with van der Waals surface area (Å²) in [6.45, 7) is 0. The lowest BCUT2D eigenvalue weighted by molar-refractivity contribution is 0.627. The summed E-state index contributed by atoms with van der Waals surface area (Å²) < 4.78 is 0. The third-order valence-corrected chi connectivity index (χ3v) is 3.73. The Morgan fingerprint density at radius 1 is 1.71 bits per heavy atom. The Kier molecular flexibility index (Phi) is 1.91. The predicted octanol–water partition coefficient (Wildman–Crippen LogP) is 1.73. The Bertz CT molecular complexity index is 60.7. The number of hydrogen-bond acceptors (Lipinski definition) is 1. The largest absolute Gasteiger partial charge is 0.372 e. The van der Waals surface area contributed by atoms with Crippen molar-refractivity contribution in [3.05, 3.63) is 0 Å². The molecule has 2 atom stereocenters. The van der Waals surface area contributed by atoms with Crippen molar-refractivity contribution in [2.24, 2.45) is 0 Å². The first-order valence-electron chi connectivity index (χ1n) is 2.40. The number of halogens is 1. The summed E-state index contributed by atoms with van der Waals surface area (Å²) in [6, 6.07) is 0. The first kappa shape index (κ1) is 5.81. The third kappa shape index (κ3) is 1.28. The van der Waals surface area contributed by atoms with E-state index < -0.39 is 8.15 Å². The molecule has 0 aromatic rings. The van der Waals surface area contributed by atoms with Crippen molar-refractivity contribution in [2.75, 3.05) is 6.16 Å². The van der Waals surface area contributed by atoms with Gasteiger partial charge >= 0.3 is 0 Å². The van der Waals surface area contributed by atoms with Crippen LogP contribution < -0.4 is 0 Å². The highest BCUT2D eigenvalue weighted by Gasteiger charge is 2.22. The predicted molar refractivity (Wildman–Crippen MR) is 32.9 cm³/mol. The highest BCUT2D eigenvalue weighted by Crippen LogP contribution is 2.47. The van der Waals surface area contributed by atoms with Crippen LogP contribution >= 0.6 is 19.7 Å². The average molecular weight is 139 g/mol. The van der Waals surface area contributed by atoms with E-state index in [9.17, 15) is 0 Å². The fourth-order valence-electron chi connectivity index (χ4n) is 0.711. The smallest absolute Gasteiger partial charge is 0.0775 e. The summed E-state index contributed by atoms with van der Waals surface area (Å²) in [7, 11) is -0.761. The summed E-state index contributed by atoms with van der Waals surface area (Å²) in [5, 5.41) is 0.106. The Balaban J connectivity index is 2.33. The van der Waals surface area contributed by atoms with Crippen LogP contribution in [0.15, 0.2) is 0 Å². The lowest BCUT2D eigenvalue weighted by atomic mass is 10.4. The van der Waals surface area contributed by atoms with E-state index in [0.717, 1.165) is 19.0 Å². The minimum absolute atomic E-state index is 0.106. The summed E-state index contributed by atoms with van der Waals surface area (Å²) in [5.41, 5.74) is 0. The summed E-state index contributed by atoms with van der Waals surface area (Å²) in [6.07, 6.45) is 3.10. The molecule has 0 saturated carbocycles. The van der Waals surface area contributed by atoms with Gasteiger partial charge in [0.05, 0.1) is 5.12 Å². The molecule has 1 nitrogen and oxygen atoms in total.